The molecule has 2 rings (SSSR count). The predicted octanol–water partition coefficient (Wildman–Crippen LogP) is 1.76. The molecule has 0 aliphatic rings. The lowest BCUT2D eigenvalue weighted by Crippen LogP contribution is -2.25. The minimum Gasteiger partial charge on any atom is -0.493 e. The first kappa shape index (κ1) is 15.8. The molecule has 6 nitrogen and oxygen atoms in total. The van der Waals surface area contributed by atoms with Crippen molar-refractivity contribution in [2.45, 2.75) is 26.8 Å². The van der Waals surface area contributed by atoms with Gasteiger partial charge in [0.25, 0.3) is 0 Å². The van der Waals surface area contributed by atoms with E-state index >= 15 is 0 Å². The van der Waals surface area contributed by atoms with Crippen LogP contribution in [-0.2, 0) is 11.3 Å². The van der Waals surface area contributed by atoms with Crippen LogP contribution in [0.25, 0.3) is 0 Å². The van der Waals surface area contributed by atoms with Crippen molar-refractivity contribution < 1.29 is 9.53 Å². The minimum atomic E-state index is -0.116. The van der Waals surface area contributed by atoms with E-state index in [2.05, 4.69) is 15.3 Å². The van der Waals surface area contributed by atoms with E-state index in [1.807, 2.05) is 32.0 Å². The first-order valence-corrected chi connectivity index (χ1v) is 7.09. The Hall–Kier alpha value is -2.63. The van der Waals surface area contributed by atoms with Crippen molar-refractivity contribution in [2.75, 3.05) is 12.3 Å². The number of carbonyl (C=O) groups is 1. The summed E-state index contributed by atoms with van der Waals surface area (Å²) >= 11 is 0. The molecule has 0 aliphatic carbocycles. The maximum Gasteiger partial charge on any atom is 0.223 e. The summed E-state index contributed by atoms with van der Waals surface area (Å²) in [6.45, 7) is 4.66. The van der Waals surface area contributed by atoms with Crippen molar-refractivity contribution >= 4 is 11.7 Å². The Bertz CT molecular complexity index is 658. The molecule has 0 unspecified atom stereocenters. The van der Waals surface area contributed by atoms with Gasteiger partial charge in [0.15, 0.2) is 0 Å². The van der Waals surface area contributed by atoms with E-state index in [1.54, 1.807) is 12.3 Å². The second-order valence-corrected chi connectivity index (χ2v) is 5.02. The third-order valence-electron chi connectivity index (χ3n) is 3.25. The van der Waals surface area contributed by atoms with Crippen molar-refractivity contribution in [3.8, 4) is 5.75 Å². The fourth-order valence-corrected chi connectivity index (χ4v) is 1.83. The van der Waals surface area contributed by atoms with Crippen LogP contribution in [-0.4, -0.2) is 22.5 Å². The van der Waals surface area contributed by atoms with Gasteiger partial charge in [-0.25, -0.2) is 9.97 Å². The molecule has 0 radical (unpaired) electrons. The number of nitrogens with zero attached hydrogens (tertiary/aromatic N) is 2. The van der Waals surface area contributed by atoms with Gasteiger partial charge in [-0.05, 0) is 43.2 Å². The zero-order valence-corrected chi connectivity index (χ0v) is 12.8. The van der Waals surface area contributed by atoms with Crippen LogP contribution in [0.4, 0.5) is 5.82 Å². The van der Waals surface area contributed by atoms with Gasteiger partial charge in [0.05, 0.1) is 19.6 Å². The Morgan fingerprint density at radius 2 is 2.09 bits per heavy atom. The summed E-state index contributed by atoms with van der Waals surface area (Å²) in [5.74, 6) is 1.53. The summed E-state index contributed by atoms with van der Waals surface area (Å²) in [6, 6.07) is 7.47. The van der Waals surface area contributed by atoms with Gasteiger partial charge in [-0.15, -0.1) is 0 Å². The predicted molar refractivity (Wildman–Crippen MR) is 84.3 cm³/mol. The summed E-state index contributed by atoms with van der Waals surface area (Å²) in [4.78, 5) is 19.8. The van der Waals surface area contributed by atoms with Gasteiger partial charge in [0.2, 0.25) is 5.91 Å². The van der Waals surface area contributed by atoms with Gasteiger partial charge in [-0.3, -0.25) is 4.79 Å². The van der Waals surface area contributed by atoms with E-state index in [-0.39, 0.29) is 18.9 Å². The number of nitrogens with two attached hydrogens (primary N) is 1. The fourth-order valence-electron chi connectivity index (χ4n) is 1.83. The molecule has 3 N–H and O–H groups in total. The smallest absolute Gasteiger partial charge is 0.223 e. The minimum absolute atomic E-state index is 0.116. The van der Waals surface area contributed by atoms with E-state index < -0.39 is 0 Å². The number of ether oxygens (including phenoxy) is 1. The lowest BCUT2D eigenvalue weighted by Gasteiger charge is -2.08. The number of benzene rings is 1. The molecule has 116 valence electrons. The molecule has 6 heteroatoms. The van der Waals surface area contributed by atoms with Crippen molar-refractivity contribution in [3.63, 3.8) is 0 Å². The molecule has 2 aromatic rings. The number of carbonyl (C=O) groups excluding carboxylic acids is 1. The standard InChI is InChI=1S/C16H20N4O2/c1-11-3-4-13(9-12(11)2)22-8-6-16(21)19-10-15-18-7-5-14(17)20-15/h3-5,7,9H,6,8,10H2,1-2H3,(H,19,21)(H2,17,18,20). The molecule has 0 aliphatic heterocycles. The maximum absolute atomic E-state index is 11.7. The lowest BCUT2D eigenvalue weighted by atomic mass is 10.1. The Kier molecular flexibility index (Phi) is 5.30. The Morgan fingerprint density at radius 3 is 2.82 bits per heavy atom. The van der Waals surface area contributed by atoms with E-state index in [0.29, 0.717) is 18.2 Å². The van der Waals surface area contributed by atoms with Crippen molar-refractivity contribution in [1.29, 1.82) is 0 Å². The van der Waals surface area contributed by atoms with E-state index in [0.717, 1.165) is 5.75 Å². The quantitative estimate of drug-likeness (QED) is 0.848. The van der Waals surface area contributed by atoms with Gasteiger partial charge in [-0.2, -0.15) is 0 Å². The summed E-state index contributed by atoms with van der Waals surface area (Å²) < 4.78 is 5.57. The number of rotatable bonds is 6. The van der Waals surface area contributed by atoms with Crippen LogP contribution in [0, 0.1) is 13.8 Å². The molecular weight excluding hydrogens is 280 g/mol. The van der Waals surface area contributed by atoms with Crippen LogP contribution in [0.1, 0.15) is 23.4 Å². The van der Waals surface area contributed by atoms with E-state index in [4.69, 9.17) is 10.5 Å². The van der Waals surface area contributed by atoms with Crippen LogP contribution in [0.5, 0.6) is 5.75 Å². The summed E-state index contributed by atoms with van der Waals surface area (Å²) in [7, 11) is 0. The SMILES string of the molecule is Cc1ccc(OCCC(=O)NCc2nccc(N)n2)cc1C. The first-order chi connectivity index (χ1) is 10.5. The average molecular weight is 300 g/mol. The fraction of sp³-hybridized carbons (Fsp3) is 0.312. The number of aromatic nitrogens is 2. The Labute approximate surface area is 129 Å². The van der Waals surface area contributed by atoms with Crippen LogP contribution < -0.4 is 15.8 Å². The van der Waals surface area contributed by atoms with Gasteiger partial charge in [0, 0.05) is 6.20 Å². The number of hydrogen-bond acceptors (Lipinski definition) is 5. The summed E-state index contributed by atoms with van der Waals surface area (Å²) in [6.07, 6.45) is 1.84. The van der Waals surface area contributed by atoms with Crippen molar-refractivity contribution in [2.24, 2.45) is 0 Å². The largest absolute Gasteiger partial charge is 0.493 e. The maximum atomic E-state index is 11.7. The first-order valence-electron chi connectivity index (χ1n) is 7.09. The molecule has 1 amide bonds. The highest BCUT2D eigenvalue weighted by Crippen LogP contribution is 2.16. The normalized spacial score (nSPS) is 10.3. The molecule has 0 bridgehead atoms. The molecule has 0 spiro atoms. The summed E-state index contributed by atoms with van der Waals surface area (Å²) in [5.41, 5.74) is 7.93. The number of anilines is 1. The molecule has 1 aromatic carbocycles. The van der Waals surface area contributed by atoms with Crippen LogP contribution >= 0.6 is 0 Å². The highest BCUT2D eigenvalue weighted by atomic mass is 16.5. The average Bonchev–Trinajstić information content (AvgIpc) is 2.49. The molecule has 1 aromatic heterocycles. The molecule has 0 saturated heterocycles. The van der Waals surface area contributed by atoms with Gasteiger partial charge in [0.1, 0.15) is 17.4 Å². The molecule has 1 heterocycles. The monoisotopic (exact) mass is 300 g/mol. The number of amides is 1. The van der Waals surface area contributed by atoms with Crippen LogP contribution in [0.15, 0.2) is 30.5 Å². The summed E-state index contributed by atoms with van der Waals surface area (Å²) in [5, 5.41) is 2.73. The third kappa shape index (κ3) is 4.73. The van der Waals surface area contributed by atoms with E-state index in [1.165, 1.54) is 11.1 Å². The van der Waals surface area contributed by atoms with Gasteiger partial charge in [-0.1, -0.05) is 6.07 Å². The lowest BCUT2D eigenvalue weighted by molar-refractivity contribution is -0.121. The van der Waals surface area contributed by atoms with Gasteiger partial charge < -0.3 is 15.8 Å². The Balaban J connectivity index is 1.72. The van der Waals surface area contributed by atoms with Crippen LogP contribution in [0.2, 0.25) is 0 Å². The number of hydrogen-bond donors (Lipinski definition) is 2. The van der Waals surface area contributed by atoms with Gasteiger partial charge >= 0.3 is 0 Å². The molecule has 0 saturated carbocycles. The molecule has 0 fully saturated rings. The Morgan fingerprint density at radius 1 is 1.27 bits per heavy atom. The van der Waals surface area contributed by atoms with Crippen LogP contribution in [0.3, 0.4) is 0 Å². The second-order valence-electron chi connectivity index (χ2n) is 5.02. The highest BCUT2D eigenvalue weighted by molar-refractivity contribution is 5.75. The number of aryl methyl sites for hydroxylation is 2. The molecule has 0 atom stereocenters. The zero-order valence-electron chi connectivity index (χ0n) is 12.8. The van der Waals surface area contributed by atoms with E-state index in [9.17, 15) is 4.79 Å². The molecular formula is C16H20N4O2. The number of nitrogens with one attached hydrogen (secondary N) is 1. The van der Waals surface area contributed by atoms with Crippen molar-refractivity contribution in [1.82, 2.24) is 15.3 Å². The number of nitrogen functional groups attached to an aromatic ring is 1. The zero-order chi connectivity index (χ0) is 15.9. The van der Waals surface area contributed by atoms with Crippen molar-refractivity contribution in [3.05, 3.63) is 47.4 Å². The highest BCUT2D eigenvalue weighted by Gasteiger charge is 2.04. The third-order valence-corrected chi connectivity index (χ3v) is 3.25. The second kappa shape index (κ2) is 7.40. The topological polar surface area (TPSA) is 90.1 Å². The molecule has 22 heavy (non-hydrogen) atoms.